The summed E-state index contributed by atoms with van der Waals surface area (Å²) in [6, 6.07) is 6.78. The Balaban J connectivity index is 1.53. The average molecular weight is 357 g/mol. The number of rotatable bonds is 5. The lowest BCUT2D eigenvalue weighted by Gasteiger charge is -2.33. The van der Waals surface area contributed by atoms with Crippen LogP contribution in [0.15, 0.2) is 24.3 Å². The van der Waals surface area contributed by atoms with Gasteiger partial charge in [-0.15, -0.1) is 0 Å². The molecule has 26 heavy (non-hydrogen) atoms. The Morgan fingerprint density at radius 2 is 1.85 bits per heavy atom. The van der Waals surface area contributed by atoms with E-state index in [1.54, 1.807) is 24.3 Å². The number of Topliss-reactive ketones (excluding diaryl/α,β-unsaturated/α-hetero) is 1. The molecular formula is C20H27N3O3. The van der Waals surface area contributed by atoms with Crippen LogP contribution in [0.3, 0.4) is 0 Å². The summed E-state index contributed by atoms with van der Waals surface area (Å²) >= 11 is 0. The predicted octanol–water partition coefficient (Wildman–Crippen LogP) is 1.61. The third-order valence-electron chi connectivity index (χ3n) is 5.29. The van der Waals surface area contributed by atoms with Crippen LogP contribution < -0.4 is 10.6 Å². The summed E-state index contributed by atoms with van der Waals surface area (Å²) in [4.78, 5) is 38.1. The van der Waals surface area contributed by atoms with Crippen LogP contribution in [-0.4, -0.2) is 54.7 Å². The maximum absolute atomic E-state index is 12.7. The summed E-state index contributed by atoms with van der Waals surface area (Å²) in [6.07, 6.45) is 3.91. The summed E-state index contributed by atoms with van der Waals surface area (Å²) in [5, 5.41) is 6.24. The van der Waals surface area contributed by atoms with E-state index in [1.807, 2.05) is 4.90 Å². The highest BCUT2D eigenvalue weighted by Crippen LogP contribution is 2.19. The largest absolute Gasteiger partial charge is 0.354 e. The van der Waals surface area contributed by atoms with Gasteiger partial charge < -0.3 is 15.5 Å². The van der Waals surface area contributed by atoms with Crippen LogP contribution in [0.4, 0.5) is 0 Å². The third-order valence-corrected chi connectivity index (χ3v) is 5.29. The van der Waals surface area contributed by atoms with Gasteiger partial charge in [-0.25, -0.2) is 0 Å². The van der Waals surface area contributed by atoms with E-state index >= 15 is 0 Å². The number of carbonyl (C=O) groups is 3. The molecule has 140 valence electrons. The molecule has 1 aromatic carbocycles. The molecule has 2 aliphatic heterocycles. The van der Waals surface area contributed by atoms with Crippen molar-refractivity contribution in [3.05, 3.63) is 35.4 Å². The van der Waals surface area contributed by atoms with Crippen molar-refractivity contribution in [3.8, 4) is 0 Å². The topological polar surface area (TPSA) is 78.5 Å². The first-order valence-electron chi connectivity index (χ1n) is 9.46. The third kappa shape index (κ3) is 4.49. The second kappa shape index (κ2) is 8.45. The van der Waals surface area contributed by atoms with E-state index < -0.39 is 0 Å². The summed E-state index contributed by atoms with van der Waals surface area (Å²) in [7, 11) is 0. The Labute approximate surface area is 154 Å². The molecule has 1 aromatic rings. The second-order valence-electron chi connectivity index (χ2n) is 7.29. The van der Waals surface area contributed by atoms with Gasteiger partial charge in [-0.2, -0.15) is 0 Å². The first kappa shape index (κ1) is 18.6. The van der Waals surface area contributed by atoms with Crippen LogP contribution in [0.25, 0.3) is 0 Å². The maximum atomic E-state index is 12.7. The summed E-state index contributed by atoms with van der Waals surface area (Å²) in [5.41, 5.74) is 1.22. The highest BCUT2D eigenvalue weighted by Gasteiger charge is 2.26. The number of nitrogens with zero attached hydrogens (tertiary/aromatic N) is 1. The minimum absolute atomic E-state index is 0.00507. The maximum Gasteiger partial charge on any atom is 0.253 e. The fourth-order valence-electron chi connectivity index (χ4n) is 3.72. The number of amides is 2. The van der Waals surface area contributed by atoms with Crippen molar-refractivity contribution in [2.45, 2.75) is 38.6 Å². The van der Waals surface area contributed by atoms with Crippen LogP contribution in [0.5, 0.6) is 0 Å². The number of nitrogens with one attached hydrogen (secondary N) is 2. The fraction of sp³-hybridized carbons (Fsp3) is 0.550. The fourth-order valence-corrected chi connectivity index (χ4v) is 3.72. The smallest absolute Gasteiger partial charge is 0.253 e. The van der Waals surface area contributed by atoms with E-state index in [2.05, 4.69) is 10.6 Å². The molecule has 2 unspecified atom stereocenters. The summed E-state index contributed by atoms with van der Waals surface area (Å²) < 4.78 is 0. The zero-order valence-electron chi connectivity index (χ0n) is 15.3. The van der Waals surface area contributed by atoms with Crippen LogP contribution in [-0.2, 0) is 4.79 Å². The molecule has 3 rings (SSSR count). The minimum atomic E-state index is -0.0592. The molecule has 2 aliphatic rings. The van der Waals surface area contributed by atoms with E-state index in [0.29, 0.717) is 24.2 Å². The lowest BCUT2D eigenvalue weighted by molar-refractivity contribution is -0.123. The van der Waals surface area contributed by atoms with E-state index in [9.17, 15) is 14.4 Å². The Kier molecular flexibility index (Phi) is 6.04. The van der Waals surface area contributed by atoms with Gasteiger partial charge in [0.2, 0.25) is 5.91 Å². The number of hydrogen-bond acceptors (Lipinski definition) is 4. The molecule has 6 heteroatoms. The molecule has 2 saturated heterocycles. The van der Waals surface area contributed by atoms with Crippen molar-refractivity contribution >= 4 is 17.6 Å². The predicted molar refractivity (Wildman–Crippen MR) is 99.1 cm³/mol. The van der Waals surface area contributed by atoms with Gasteiger partial charge in [0.05, 0.1) is 6.04 Å². The minimum Gasteiger partial charge on any atom is -0.354 e. The molecule has 6 nitrogen and oxygen atoms in total. The Hall–Kier alpha value is -2.21. The highest BCUT2D eigenvalue weighted by atomic mass is 16.2. The first-order chi connectivity index (χ1) is 12.5. The van der Waals surface area contributed by atoms with Crippen LogP contribution >= 0.6 is 0 Å². The Morgan fingerprint density at radius 1 is 1.12 bits per heavy atom. The lowest BCUT2D eigenvalue weighted by Crippen LogP contribution is -2.46. The molecule has 0 aliphatic carbocycles. The van der Waals surface area contributed by atoms with Gasteiger partial charge in [-0.05, 0) is 57.2 Å². The van der Waals surface area contributed by atoms with Crippen molar-refractivity contribution in [2.24, 2.45) is 5.92 Å². The molecule has 2 fully saturated rings. The summed E-state index contributed by atoms with van der Waals surface area (Å²) in [6.45, 7) is 4.44. The average Bonchev–Trinajstić information content (AvgIpc) is 3.21. The number of ketones is 1. The van der Waals surface area contributed by atoms with Crippen molar-refractivity contribution in [2.75, 3.05) is 26.2 Å². The molecule has 0 spiro atoms. The van der Waals surface area contributed by atoms with E-state index in [0.717, 1.165) is 38.8 Å². The van der Waals surface area contributed by atoms with Gasteiger partial charge >= 0.3 is 0 Å². The second-order valence-corrected chi connectivity index (χ2v) is 7.29. The van der Waals surface area contributed by atoms with E-state index in [-0.39, 0.29) is 29.6 Å². The number of benzene rings is 1. The number of hydrogen-bond donors (Lipinski definition) is 2. The van der Waals surface area contributed by atoms with Gasteiger partial charge in [-0.3, -0.25) is 14.4 Å². The molecule has 0 bridgehead atoms. The van der Waals surface area contributed by atoms with Gasteiger partial charge in [0.15, 0.2) is 5.78 Å². The number of carbonyl (C=O) groups excluding carboxylic acids is 3. The molecule has 0 saturated carbocycles. The lowest BCUT2D eigenvalue weighted by atomic mass is 9.97. The molecular weight excluding hydrogens is 330 g/mol. The quantitative estimate of drug-likeness (QED) is 0.785. The number of likely N-dealkylation sites (tertiary alicyclic amines) is 1. The molecule has 0 aromatic heterocycles. The molecule has 0 radical (unpaired) electrons. The van der Waals surface area contributed by atoms with Crippen LogP contribution in [0.2, 0.25) is 0 Å². The van der Waals surface area contributed by atoms with E-state index in [4.69, 9.17) is 0 Å². The Morgan fingerprint density at radius 3 is 2.50 bits per heavy atom. The van der Waals surface area contributed by atoms with Crippen molar-refractivity contribution < 1.29 is 14.4 Å². The van der Waals surface area contributed by atoms with Crippen LogP contribution in [0.1, 0.15) is 53.3 Å². The summed E-state index contributed by atoms with van der Waals surface area (Å²) in [5.74, 6) is 0.350. The van der Waals surface area contributed by atoms with Gasteiger partial charge in [0.25, 0.3) is 5.91 Å². The monoisotopic (exact) mass is 357 g/mol. The van der Waals surface area contributed by atoms with Crippen molar-refractivity contribution in [1.29, 1.82) is 0 Å². The highest BCUT2D eigenvalue weighted by molar-refractivity contribution is 5.97. The number of piperidine rings is 1. The van der Waals surface area contributed by atoms with Gasteiger partial charge in [0, 0.05) is 30.8 Å². The molecule has 2 N–H and O–H groups in total. The standard InChI is InChI=1S/C20H27N3O3/c1-14(24)16-6-8-17(9-7-16)20(26)23-11-3-4-15(13-23)12-22-19(25)18-5-2-10-21-18/h6-9,15,18,21H,2-5,10-13H2,1H3,(H,22,25). The zero-order valence-corrected chi connectivity index (χ0v) is 15.3. The van der Waals surface area contributed by atoms with Crippen molar-refractivity contribution in [3.63, 3.8) is 0 Å². The first-order valence-corrected chi connectivity index (χ1v) is 9.46. The molecule has 2 amide bonds. The normalized spacial score (nSPS) is 22.9. The van der Waals surface area contributed by atoms with Crippen LogP contribution in [0, 0.1) is 5.92 Å². The van der Waals surface area contributed by atoms with Gasteiger partial charge in [-0.1, -0.05) is 12.1 Å². The SMILES string of the molecule is CC(=O)c1ccc(C(=O)N2CCCC(CNC(=O)C3CCCN3)C2)cc1. The van der Waals surface area contributed by atoms with Gasteiger partial charge in [0.1, 0.15) is 0 Å². The van der Waals surface area contributed by atoms with Crippen molar-refractivity contribution in [1.82, 2.24) is 15.5 Å². The van der Waals surface area contributed by atoms with E-state index in [1.165, 1.54) is 6.92 Å². The zero-order chi connectivity index (χ0) is 18.5. The Bertz CT molecular complexity index is 665. The molecule has 2 heterocycles. The molecule has 2 atom stereocenters.